The Morgan fingerprint density at radius 3 is 2.53 bits per heavy atom. The number of hydrogen-bond donors (Lipinski definition) is 1. The lowest BCUT2D eigenvalue weighted by Crippen LogP contribution is -2.31. The van der Waals surface area contributed by atoms with Crippen LogP contribution in [0.15, 0.2) is 0 Å². The predicted molar refractivity (Wildman–Crippen MR) is 59.3 cm³/mol. The van der Waals surface area contributed by atoms with Crippen molar-refractivity contribution in [1.29, 1.82) is 0 Å². The molecule has 0 aliphatic heterocycles. The van der Waals surface area contributed by atoms with Gasteiger partial charge in [0, 0.05) is 24.1 Å². The second-order valence-electron chi connectivity index (χ2n) is 4.15. The minimum Gasteiger partial charge on any atom is -0.327 e. The molecule has 1 rings (SSSR count). The third-order valence-corrected chi connectivity index (χ3v) is 4.79. The Labute approximate surface area is 91.1 Å². The molecule has 88 valence electrons. The maximum absolute atomic E-state index is 11.7. The van der Waals surface area contributed by atoms with Gasteiger partial charge in [-0.1, -0.05) is 13.3 Å². The minimum absolute atomic E-state index is 0.0223. The normalized spacial score (nSPS) is 26.8. The van der Waals surface area contributed by atoms with Crippen LogP contribution in [-0.4, -0.2) is 31.7 Å². The van der Waals surface area contributed by atoms with Crippen LogP contribution in [0.2, 0.25) is 0 Å². The Balaban J connectivity index is 2.43. The topological polar surface area (TPSA) is 77.2 Å². The number of ketones is 1. The van der Waals surface area contributed by atoms with Gasteiger partial charge in [0.2, 0.25) is 0 Å². The second-order valence-corrected chi connectivity index (χ2v) is 6.63. The van der Waals surface area contributed by atoms with Crippen LogP contribution in [0.4, 0.5) is 0 Å². The fourth-order valence-corrected chi connectivity index (χ4v) is 2.78. The van der Waals surface area contributed by atoms with Gasteiger partial charge in [-0.05, 0) is 12.8 Å². The van der Waals surface area contributed by atoms with Gasteiger partial charge in [-0.2, -0.15) is 0 Å². The van der Waals surface area contributed by atoms with Crippen molar-refractivity contribution in [3.8, 4) is 0 Å². The summed E-state index contributed by atoms with van der Waals surface area (Å²) >= 11 is 0. The molecular weight excluding hydrogens is 214 g/mol. The molecule has 0 saturated heterocycles. The molecule has 2 N–H and O–H groups in total. The maximum atomic E-state index is 11.7. The zero-order chi connectivity index (χ0) is 11.5. The third-order valence-electron chi connectivity index (χ3n) is 3.08. The Morgan fingerprint density at radius 2 is 2.07 bits per heavy atom. The number of nitrogens with two attached hydrogens (primary N) is 1. The molecule has 1 aliphatic carbocycles. The van der Waals surface area contributed by atoms with E-state index < -0.39 is 9.84 Å². The van der Waals surface area contributed by atoms with Crippen LogP contribution in [0, 0.1) is 5.92 Å². The van der Waals surface area contributed by atoms with Crippen molar-refractivity contribution in [2.24, 2.45) is 11.7 Å². The lowest BCUT2D eigenvalue weighted by Gasteiger charge is -2.13. The van der Waals surface area contributed by atoms with Crippen molar-refractivity contribution in [1.82, 2.24) is 0 Å². The smallest absolute Gasteiger partial charge is 0.150 e. The molecule has 0 bridgehead atoms. The van der Waals surface area contributed by atoms with Gasteiger partial charge in [-0.25, -0.2) is 8.42 Å². The van der Waals surface area contributed by atoms with E-state index >= 15 is 0 Å². The van der Waals surface area contributed by atoms with E-state index in [1.165, 1.54) is 0 Å². The van der Waals surface area contributed by atoms with E-state index in [1.54, 1.807) is 6.92 Å². The average molecular weight is 233 g/mol. The molecule has 0 heterocycles. The Kier molecular flexibility index (Phi) is 4.28. The molecule has 5 heteroatoms. The molecule has 1 aliphatic rings. The molecular formula is C10H19NO3S. The van der Waals surface area contributed by atoms with E-state index in [0.717, 1.165) is 19.3 Å². The van der Waals surface area contributed by atoms with E-state index in [1.807, 2.05) is 0 Å². The van der Waals surface area contributed by atoms with Crippen LogP contribution in [0.5, 0.6) is 0 Å². The first-order valence-electron chi connectivity index (χ1n) is 5.45. The van der Waals surface area contributed by atoms with E-state index in [4.69, 9.17) is 5.73 Å². The van der Waals surface area contributed by atoms with Crippen LogP contribution >= 0.6 is 0 Å². The molecule has 1 fully saturated rings. The molecule has 2 unspecified atom stereocenters. The van der Waals surface area contributed by atoms with Gasteiger partial charge in [0.1, 0.15) is 15.6 Å². The predicted octanol–water partition coefficient (Wildman–Crippen LogP) is 0.508. The standard InChI is InChI=1S/C10H19NO3S/c1-2-15(13,14)7-6-10(12)8-4-3-5-9(8)11/h8-9H,2-7,11H2,1H3. The second kappa shape index (κ2) is 5.07. The van der Waals surface area contributed by atoms with Gasteiger partial charge >= 0.3 is 0 Å². The molecule has 4 nitrogen and oxygen atoms in total. The first-order valence-corrected chi connectivity index (χ1v) is 7.27. The molecule has 2 atom stereocenters. The largest absolute Gasteiger partial charge is 0.327 e. The summed E-state index contributed by atoms with van der Waals surface area (Å²) in [4.78, 5) is 11.7. The van der Waals surface area contributed by atoms with Crippen LogP contribution in [0.3, 0.4) is 0 Å². The summed E-state index contributed by atoms with van der Waals surface area (Å²) in [7, 11) is -3.02. The van der Waals surface area contributed by atoms with Crippen molar-refractivity contribution in [2.75, 3.05) is 11.5 Å². The number of hydrogen-bond acceptors (Lipinski definition) is 4. The molecule has 0 aromatic rings. The summed E-state index contributed by atoms with van der Waals surface area (Å²) in [5.74, 6) is 0.0109. The number of carbonyl (C=O) groups is 1. The summed E-state index contributed by atoms with van der Waals surface area (Å²) in [6.07, 6.45) is 2.83. The Morgan fingerprint density at radius 1 is 1.40 bits per heavy atom. The molecule has 0 radical (unpaired) electrons. The van der Waals surface area contributed by atoms with Crippen LogP contribution in [0.1, 0.15) is 32.6 Å². The highest BCUT2D eigenvalue weighted by atomic mass is 32.2. The zero-order valence-corrected chi connectivity index (χ0v) is 9.92. The molecule has 0 amide bonds. The van der Waals surface area contributed by atoms with Crippen molar-refractivity contribution < 1.29 is 13.2 Å². The molecule has 0 spiro atoms. The lowest BCUT2D eigenvalue weighted by molar-refractivity contribution is -0.122. The third kappa shape index (κ3) is 3.57. The lowest BCUT2D eigenvalue weighted by atomic mass is 9.97. The molecule has 15 heavy (non-hydrogen) atoms. The fraction of sp³-hybridized carbons (Fsp3) is 0.900. The van der Waals surface area contributed by atoms with Gasteiger partial charge in [0.05, 0.1) is 5.75 Å². The van der Waals surface area contributed by atoms with Crippen LogP contribution in [-0.2, 0) is 14.6 Å². The fourth-order valence-electron chi connectivity index (χ4n) is 1.97. The van der Waals surface area contributed by atoms with Gasteiger partial charge in [0.25, 0.3) is 0 Å². The quantitative estimate of drug-likeness (QED) is 0.750. The van der Waals surface area contributed by atoms with E-state index in [0.29, 0.717) is 0 Å². The van der Waals surface area contributed by atoms with E-state index in [-0.39, 0.29) is 35.7 Å². The minimum atomic E-state index is -3.02. The van der Waals surface area contributed by atoms with Crippen molar-refractivity contribution >= 4 is 15.6 Å². The SMILES string of the molecule is CCS(=O)(=O)CCC(=O)C1CCCC1N. The number of Topliss-reactive ketones (excluding diaryl/α,β-unsaturated/α-hetero) is 1. The highest BCUT2D eigenvalue weighted by Gasteiger charge is 2.30. The van der Waals surface area contributed by atoms with Gasteiger partial charge in [-0.15, -0.1) is 0 Å². The number of carbonyl (C=O) groups excluding carboxylic acids is 1. The molecule has 1 saturated carbocycles. The maximum Gasteiger partial charge on any atom is 0.150 e. The van der Waals surface area contributed by atoms with Crippen molar-refractivity contribution in [3.63, 3.8) is 0 Å². The Bertz CT molecular complexity index is 324. The van der Waals surface area contributed by atoms with Gasteiger partial charge in [-0.3, -0.25) is 4.79 Å². The van der Waals surface area contributed by atoms with Crippen LogP contribution in [0.25, 0.3) is 0 Å². The van der Waals surface area contributed by atoms with Gasteiger partial charge < -0.3 is 5.73 Å². The highest BCUT2D eigenvalue weighted by Crippen LogP contribution is 2.25. The Hall–Kier alpha value is -0.420. The van der Waals surface area contributed by atoms with Crippen molar-refractivity contribution in [3.05, 3.63) is 0 Å². The first kappa shape index (κ1) is 12.6. The van der Waals surface area contributed by atoms with Crippen molar-refractivity contribution in [2.45, 2.75) is 38.6 Å². The summed E-state index contributed by atoms with van der Waals surface area (Å²) in [5, 5.41) is 0. The number of sulfone groups is 1. The van der Waals surface area contributed by atoms with E-state index in [2.05, 4.69) is 0 Å². The first-order chi connectivity index (χ1) is 6.96. The summed E-state index contributed by atoms with van der Waals surface area (Å²) in [6, 6.07) is -0.0539. The summed E-state index contributed by atoms with van der Waals surface area (Å²) in [5.41, 5.74) is 5.78. The zero-order valence-electron chi connectivity index (χ0n) is 9.11. The summed E-state index contributed by atoms with van der Waals surface area (Å²) < 4.78 is 22.4. The average Bonchev–Trinajstić information content (AvgIpc) is 2.61. The monoisotopic (exact) mass is 233 g/mol. The number of rotatable bonds is 5. The van der Waals surface area contributed by atoms with E-state index in [9.17, 15) is 13.2 Å². The molecule has 0 aromatic heterocycles. The highest BCUT2D eigenvalue weighted by molar-refractivity contribution is 7.91. The molecule has 0 aromatic carbocycles. The van der Waals surface area contributed by atoms with Gasteiger partial charge in [0.15, 0.2) is 0 Å². The van der Waals surface area contributed by atoms with Crippen LogP contribution < -0.4 is 5.73 Å². The summed E-state index contributed by atoms with van der Waals surface area (Å²) in [6.45, 7) is 1.60.